The Hall–Kier alpha value is -5.11. The molecule has 1 spiro atoms. The quantitative estimate of drug-likeness (QED) is 0.198. The molecule has 5 aromatic rings. The minimum atomic E-state index is -4.54. The van der Waals surface area contributed by atoms with Crippen LogP contribution in [0.5, 0.6) is 17.2 Å². The number of alkyl halides is 3. The number of nitrogens with one attached hydrogen (secondary N) is 1. The van der Waals surface area contributed by atoms with Crippen molar-refractivity contribution in [2.45, 2.75) is 76.7 Å². The molecule has 5 aromatic carbocycles. The largest absolute Gasteiger partial charge is 0.497 e. The molecule has 1 atom stereocenters. The van der Waals surface area contributed by atoms with E-state index in [1.807, 2.05) is 60.7 Å². The molecule has 2 aliphatic carbocycles. The number of hydrogen-bond acceptors (Lipinski definition) is 5. The van der Waals surface area contributed by atoms with Crippen LogP contribution in [0.4, 0.5) is 24.5 Å². The number of ether oxygens (including phenoxy) is 3. The van der Waals surface area contributed by atoms with E-state index in [9.17, 15) is 13.2 Å². The molecule has 0 aromatic heterocycles. The Morgan fingerprint density at radius 3 is 1.89 bits per heavy atom. The second-order valence-corrected chi connectivity index (χ2v) is 17.8. The Labute approximate surface area is 321 Å². The van der Waals surface area contributed by atoms with Gasteiger partial charge in [-0.2, -0.15) is 13.2 Å². The van der Waals surface area contributed by atoms with E-state index < -0.39 is 17.4 Å². The van der Waals surface area contributed by atoms with E-state index in [0.29, 0.717) is 17.1 Å². The third kappa shape index (κ3) is 4.98. The molecule has 0 amide bonds. The van der Waals surface area contributed by atoms with Crippen LogP contribution in [0, 0.1) is 10.8 Å². The molecule has 8 heteroatoms. The Morgan fingerprint density at radius 2 is 1.33 bits per heavy atom. The molecule has 1 unspecified atom stereocenters. The second-order valence-electron chi connectivity index (χ2n) is 17.8. The Bertz CT molecular complexity index is 2350. The zero-order valence-corrected chi connectivity index (χ0v) is 32.7. The summed E-state index contributed by atoms with van der Waals surface area (Å²) in [6.07, 6.45) is 2.78. The summed E-state index contributed by atoms with van der Waals surface area (Å²) in [6.45, 7) is 10.7. The molecule has 5 nitrogen and oxygen atoms in total. The van der Waals surface area contributed by atoms with E-state index in [-0.39, 0.29) is 16.2 Å². The normalized spacial score (nSPS) is 22.0. The Balaban J connectivity index is 1.39. The SMILES string of the molecule is COc1ccc(C2(c3ccc(OC)cc3)C=Cc3c4c(c5cc6c(cc5c3O2)NC(C)(C(F)(F)F)N6C)-c2ccccc2C42CC(C)(C)CC(C)(C)C2)cc1. The van der Waals surface area contributed by atoms with Crippen LogP contribution in [0.2, 0.25) is 0 Å². The third-order valence-electron chi connectivity index (χ3n) is 12.9. The molecule has 2 aliphatic heterocycles. The molecule has 1 fully saturated rings. The van der Waals surface area contributed by atoms with E-state index in [1.54, 1.807) is 14.2 Å². The lowest BCUT2D eigenvalue weighted by Gasteiger charge is -2.52. The number of fused-ring (bicyclic) bond motifs is 11. The van der Waals surface area contributed by atoms with E-state index in [2.05, 4.69) is 69.4 Å². The van der Waals surface area contributed by atoms with Crippen molar-refractivity contribution in [3.63, 3.8) is 0 Å². The maximum absolute atomic E-state index is 14.8. The average Bonchev–Trinajstić information content (AvgIpc) is 3.56. The molecule has 9 rings (SSSR count). The topological polar surface area (TPSA) is 43.0 Å². The fourth-order valence-electron chi connectivity index (χ4n) is 11.1. The summed E-state index contributed by atoms with van der Waals surface area (Å²) in [7, 11) is 4.81. The summed E-state index contributed by atoms with van der Waals surface area (Å²) < 4.78 is 63.1. The predicted octanol–water partition coefficient (Wildman–Crippen LogP) is 11.8. The third-order valence-corrected chi connectivity index (χ3v) is 12.9. The summed E-state index contributed by atoms with van der Waals surface area (Å²) >= 11 is 0. The van der Waals surface area contributed by atoms with Crippen LogP contribution in [-0.4, -0.2) is 33.1 Å². The van der Waals surface area contributed by atoms with Gasteiger partial charge in [-0.25, -0.2) is 0 Å². The fraction of sp³-hybridized carbons (Fsp3) is 0.362. The van der Waals surface area contributed by atoms with Crippen LogP contribution in [0.1, 0.15) is 81.7 Å². The number of anilines is 2. The van der Waals surface area contributed by atoms with Gasteiger partial charge in [-0.05, 0) is 107 Å². The zero-order chi connectivity index (χ0) is 38.9. The van der Waals surface area contributed by atoms with Gasteiger partial charge in [0.2, 0.25) is 5.66 Å². The van der Waals surface area contributed by atoms with Gasteiger partial charge in [0.15, 0.2) is 5.60 Å². The van der Waals surface area contributed by atoms with E-state index >= 15 is 0 Å². The number of halogens is 3. The number of hydrogen-bond donors (Lipinski definition) is 1. The lowest BCUT2D eigenvalue weighted by molar-refractivity contribution is -0.171. The number of nitrogens with zero attached hydrogens (tertiary/aromatic N) is 1. The highest BCUT2D eigenvalue weighted by molar-refractivity contribution is 6.12. The van der Waals surface area contributed by atoms with E-state index in [1.165, 1.54) is 30.0 Å². The Kier molecular flexibility index (Phi) is 7.42. The van der Waals surface area contributed by atoms with Crippen LogP contribution in [0.15, 0.2) is 91.0 Å². The van der Waals surface area contributed by atoms with Gasteiger partial charge < -0.3 is 24.4 Å². The zero-order valence-electron chi connectivity index (χ0n) is 32.7. The number of rotatable bonds is 4. The molecular formula is C47H47F3N2O3. The van der Waals surface area contributed by atoms with Crippen LogP contribution in [0.25, 0.3) is 28.0 Å². The first-order valence-electron chi connectivity index (χ1n) is 19.0. The van der Waals surface area contributed by atoms with Crippen molar-refractivity contribution in [2.24, 2.45) is 10.8 Å². The van der Waals surface area contributed by atoms with E-state index in [0.717, 1.165) is 69.4 Å². The summed E-state index contributed by atoms with van der Waals surface area (Å²) in [6, 6.07) is 28.3. The van der Waals surface area contributed by atoms with Crippen molar-refractivity contribution >= 4 is 28.2 Å². The van der Waals surface area contributed by atoms with Gasteiger partial charge in [0, 0.05) is 34.5 Å². The van der Waals surface area contributed by atoms with Crippen molar-refractivity contribution in [3.8, 4) is 28.4 Å². The average molecular weight is 745 g/mol. The minimum absolute atomic E-state index is 0.0179. The molecular weight excluding hydrogens is 698 g/mol. The molecule has 4 aliphatic rings. The highest BCUT2D eigenvalue weighted by Crippen LogP contribution is 2.67. The smallest absolute Gasteiger partial charge is 0.430 e. The second kappa shape index (κ2) is 11.5. The van der Waals surface area contributed by atoms with Crippen molar-refractivity contribution in [3.05, 3.63) is 119 Å². The molecule has 284 valence electrons. The van der Waals surface area contributed by atoms with Gasteiger partial charge in [0.25, 0.3) is 0 Å². The van der Waals surface area contributed by atoms with Crippen molar-refractivity contribution in [1.29, 1.82) is 0 Å². The highest BCUT2D eigenvalue weighted by Gasteiger charge is 2.59. The summed E-state index contributed by atoms with van der Waals surface area (Å²) in [5.41, 5.74) is 4.69. The molecule has 1 saturated carbocycles. The van der Waals surface area contributed by atoms with Gasteiger partial charge in [-0.1, -0.05) is 82.3 Å². The van der Waals surface area contributed by atoms with Gasteiger partial charge in [0.05, 0.1) is 25.6 Å². The first-order chi connectivity index (χ1) is 26.0. The van der Waals surface area contributed by atoms with Gasteiger partial charge in [-0.3, -0.25) is 0 Å². The van der Waals surface area contributed by atoms with E-state index in [4.69, 9.17) is 14.2 Å². The minimum Gasteiger partial charge on any atom is -0.497 e. The van der Waals surface area contributed by atoms with Crippen LogP contribution in [-0.2, 0) is 11.0 Å². The predicted molar refractivity (Wildman–Crippen MR) is 214 cm³/mol. The van der Waals surface area contributed by atoms with Crippen LogP contribution in [0.3, 0.4) is 0 Å². The highest BCUT2D eigenvalue weighted by atomic mass is 19.4. The van der Waals surface area contributed by atoms with Gasteiger partial charge in [-0.15, -0.1) is 0 Å². The van der Waals surface area contributed by atoms with Crippen molar-refractivity contribution < 1.29 is 27.4 Å². The number of benzene rings is 5. The molecule has 2 heterocycles. The first-order valence-corrected chi connectivity index (χ1v) is 19.0. The Morgan fingerprint density at radius 1 is 0.745 bits per heavy atom. The molecule has 0 saturated heterocycles. The van der Waals surface area contributed by atoms with Crippen molar-refractivity contribution in [1.82, 2.24) is 0 Å². The molecule has 55 heavy (non-hydrogen) atoms. The van der Waals surface area contributed by atoms with Crippen LogP contribution < -0.4 is 24.4 Å². The monoisotopic (exact) mass is 744 g/mol. The molecule has 0 bridgehead atoms. The van der Waals surface area contributed by atoms with Gasteiger partial charge >= 0.3 is 6.18 Å². The summed E-state index contributed by atoms with van der Waals surface area (Å²) in [5.74, 6) is 2.10. The maximum Gasteiger partial charge on any atom is 0.430 e. The van der Waals surface area contributed by atoms with Gasteiger partial charge in [0.1, 0.15) is 17.2 Å². The number of methoxy groups -OCH3 is 2. The first kappa shape index (κ1) is 35.6. The summed E-state index contributed by atoms with van der Waals surface area (Å²) in [5, 5.41) is 4.52. The van der Waals surface area contributed by atoms with Crippen molar-refractivity contribution in [2.75, 3.05) is 31.5 Å². The standard InChI is InChI=1S/C47H47F3N2O3/c1-42(2)25-43(3,4)27-45(26-42)36-12-10-9-11-32(36)39-34-24-38-37(51-44(5,52(38)6)47(48,49)50)23-35(34)41-33(40(39)45)21-22-46(55-41,28-13-17-30(53-7)18-14-28)29-15-19-31(54-8)20-16-29/h9-24,51H,25-27H2,1-8H3. The lowest BCUT2D eigenvalue weighted by Crippen LogP contribution is -2.57. The molecule has 1 N–H and O–H groups in total. The van der Waals surface area contributed by atoms with Crippen LogP contribution >= 0.6 is 0 Å². The fourth-order valence-corrected chi connectivity index (χ4v) is 11.1. The maximum atomic E-state index is 14.8. The molecule has 0 radical (unpaired) electrons. The lowest BCUT2D eigenvalue weighted by atomic mass is 9.52. The summed E-state index contributed by atoms with van der Waals surface area (Å²) in [4.78, 5) is 1.33.